The van der Waals surface area contributed by atoms with Gasteiger partial charge in [0.15, 0.2) is 0 Å². The molecule has 1 saturated heterocycles. The number of nitrogens with one attached hydrogen (secondary N) is 1. The first-order valence-corrected chi connectivity index (χ1v) is 11.6. The van der Waals surface area contributed by atoms with Crippen molar-refractivity contribution in [2.45, 2.75) is 38.6 Å². The molecule has 1 fully saturated rings. The predicted molar refractivity (Wildman–Crippen MR) is 132 cm³/mol. The van der Waals surface area contributed by atoms with Crippen molar-refractivity contribution in [2.24, 2.45) is 7.05 Å². The number of benzene rings is 1. The zero-order chi connectivity index (χ0) is 24.4. The Balaban J connectivity index is 1.50. The van der Waals surface area contributed by atoms with Gasteiger partial charge < -0.3 is 10.2 Å². The number of amides is 1. The minimum atomic E-state index is 0.0409. The van der Waals surface area contributed by atoms with E-state index in [0.717, 1.165) is 29.8 Å². The second kappa shape index (κ2) is 9.57. The van der Waals surface area contributed by atoms with Crippen molar-refractivity contribution in [1.29, 1.82) is 0 Å². The van der Waals surface area contributed by atoms with E-state index in [0.29, 0.717) is 29.6 Å². The summed E-state index contributed by atoms with van der Waals surface area (Å²) < 4.78 is 1.74. The number of rotatable bonds is 5. The number of hydrogen-bond donors (Lipinski definition) is 1. The lowest BCUT2D eigenvalue weighted by Gasteiger charge is -2.37. The molecule has 2 atom stereocenters. The van der Waals surface area contributed by atoms with Gasteiger partial charge in [-0.3, -0.25) is 14.8 Å². The molecule has 4 heterocycles. The van der Waals surface area contributed by atoms with E-state index >= 15 is 0 Å². The highest BCUT2D eigenvalue weighted by Gasteiger charge is 2.30. The van der Waals surface area contributed by atoms with E-state index in [2.05, 4.69) is 32.5 Å². The Bertz CT molecular complexity index is 1340. The van der Waals surface area contributed by atoms with Crippen LogP contribution in [0.4, 0.5) is 11.5 Å². The van der Waals surface area contributed by atoms with Crippen molar-refractivity contribution in [3.8, 4) is 22.6 Å². The molecule has 10 heteroatoms. The lowest BCUT2D eigenvalue weighted by molar-refractivity contribution is -0.132. The Labute approximate surface area is 203 Å². The van der Waals surface area contributed by atoms with Crippen LogP contribution in [-0.2, 0) is 11.8 Å². The van der Waals surface area contributed by atoms with Crippen LogP contribution in [0.3, 0.4) is 0 Å². The summed E-state index contributed by atoms with van der Waals surface area (Å²) in [5, 5.41) is 11.4. The van der Waals surface area contributed by atoms with Crippen LogP contribution in [0, 0.1) is 0 Å². The van der Waals surface area contributed by atoms with Crippen molar-refractivity contribution in [3.63, 3.8) is 0 Å². The third kappa shape index (κ3) is 4.86. The number of likely N-dealkylation sites (tertiary alicyclic amines) is 1. The molecular formula is C25H27N9O. The first-order chi connectivity index (χ1) is 17.0. The summed E-state index contributed by atoms with van der Waals surface area (Å²) in [6.07, 6.45) is 8.53. The normalized spacial score (nSPS) is 17.9. The van der Waals surface area contributed by atoms with Crippen molar-refractivity contribution >= 4 is 17.4 Å². The number of carbonyl (C=O) groups is 1. The quantitative estimate of drug-likeness (QED) is 0.472. The number of aryl methyl sites for hydroxylation is 1. The third-order valence-corrected chi connectivity index (χ3v) is 6.37. The number of nitrogens with zero attached hydrogens (tertiary/aromatic N) is 8. The van der Waals surface area contributed by atoms with Crippen LogP contribution in [0.25, 0.3) is 22.6 Å². The standard InChI is InChI=1S/C25H27N9O/c1-16-7-8-19(15-34(16)17(2)35)25-30-21(22-13-26-9-10-27-22)12-24(31-25)29-20-6-4-5-18(11-20)23-14-28-32-33(23)3/h4-6,9-14,16,19H,7-8,15H2,1-3H3,(H,29,30,31)/t16-,19+/m0/s1. The Morgan fingerprint density at radius 1 is 1.09 bits per heavy atom. The maximum atomic E-state index is 12.2. The molecule has 4 aromatic rings. The van der Waals surface area contributed by atoms with Crippen LogP contribution in [0.15, 0.2) is 55.1 Å². The molecule has 35 heavy (non-hydrogen) atoms. The third-order valence-electron chi connectivity index (χ3n) is 6.37. The lowest BCUT2D eigenvalue weighted by Crippen LogP contribution is -2.44. The van der Waals surface area contributed by atoms with Crippen LogP contribution >= 0.6 is 0 Å². The minimum Gasteiger partial charge on any atom is -0.340 e. The summed E-state index contributed by atoms with van der Waals surface area (Å²) in [6, 6.07) is 10.1. The molecular weight excluding hydrogens is 442 g/mol. The van der Waals surface area contributed by atoms with Crippen LogP contribution in [0.5, 0.6) is 0 Å². The van der Waals surface area contributed by atoms with Gasteiger partial charge in [-0.15, -0.1) is 5.10 Å². The van der Waals surface area contributed by atoms with Gasteiger partial charge in [0.25, 0.3) is 0 Å². The zero-order valence-electron chi connectivity index (χ0n) is 20.0. The topological polar surface area (TPSA) is 115 Å². The molecule has 3 aromatic heterocycles. The van der Waals surface area contributed by atoms with E-state index in [4.69, 9.17) is 9.97 Å². The van der Waals surface area contributed by atoms with Crippen LogP contribution in [0.1, 0.15) is 38.4 Å². The Morgan fingerprint density at radius 2 is 1.97 bits per heavy atom. The van der Waals surface area contributed by atoms with E-state index in [1.54, 1.807) is 36.4 Å². The maximum absolute atomic E-state index is 12.2. The number of anilines is 2. The van der Waals surface area contributed by atoms with E-state index < -0.39 is 0 Å². The van der Waals surface area contributed by atoms with E-state index in [-0.39, 0.29) is 17.9 Å². The lowest BCUT2D eigenvalue weighted by atomic mass is 9.92. The minimum absolute atomic E-state index is 0.0409. The summed E-state index contributed by atoms with van der Waals surface area (Å²) in [5.74, 6) is 1.47. The molecule has 1 amide bonds. The highest BCUT2D eigenvalue weighted by molar-refractivity contribution is 5.74. The number of hydrogen-bond acceptors (Lipinski definition) is 8. The molecule has 1 aliphatic heterocycles. The summed E-state index contributed by atoms with van der Waals surface area (Å²) in [5.41, 5.74) is 4.13. The molecule has 0 spiro atoms. The number of carbonyl (C=O) groups excluding carboxylic acids is 1. The first kappa shape index (κ1) is 22.6. The van der Waals surface area contributed by atoms with Gasteiger partial charge in [0.1, 0.15) is 17.3 Å². The Hall–Kier alpha value is -4.21. The van der Waals surface area contributed by atoms with Gasteiger partial charge in [0.2, 0.25) is 5.91 Å². The molecule has 0 radical (unpaired) electrons. The van der Waals surface area contributed by atoms with Gasteiger partial charge in [-0.1, -0.05) is 17.3 Å². The van der Waals surface area contributed by atoms with Gasteiger partial charge in [-0.2, -0.15) is 0 Å². The predicted octanol–water partition coefficient (Wildman–Crippen LogP) is 3.59. The monoisotopic (exact) mass is 469 g/mol. The van der Waals surface area contributed by atoms with Crippen molar-refractivity contribution in [3.05, 3.63) is 60.9 Å². The smallest absolute Gasteiger partial charge is 0.219 e. The fourth-order valence-corrected chi connectivity index (χ4v) is 4.49. The molecule has 10 nitrogen and oxygen atoms in total. The molecule has 1 aliphatic rings. The van der Waals surface area contributed by atoms with Crippen LogP contribution in [0.2, 0.25) is 0 Å². The Kier molecular flexibility index (Phi) is 6.17. The molecule has 178 valence electrons. The summed E-state index contributed by atoms with van der Waals surface area (Å²) in [6.45, 7) is 4.31. The summed E-state index contributed by atoms with van der Waals surface area (Å²) in [7, 11) is 1.86. The van der Waals surface area contributed by atoms with Gasteiger partial charge in [-0.25, -0.2) is 14.6 Å². The van der Waals surface area contributed by atoms with Crippen molar-refractivity contribution in [2.75, 3.05) is 11.9 Å². The zero-order valence-corrected chi connectivity index (χ0v) is 20.0. The average molecular weight is 470 g/mol. The average Bonchev–Trinajstić information content (AvgIpc) is 3.30. The van der Waals surface area contributed by atoms with Gasteiger partial charge >= 0.3 is 0 Å². The van der Waals surface area contributed by atoms with Crippen LogP contribution < -0.4 is 5.32 Å². The molecule has 0 aliphatic carbocycles. The van der Waals surface area contributed by atoms with E-state index in [9.17, 15) is 4.79 Å². The number of piperidine rings is 1. The van der Waals surface area contributed by atoms with Gasteiger partial charge in [-0.05, 0) is 31.9 Å². The van der Waals surface area contributed by atoms with Crippen LogP contribution in [-0.4, -0.2) is 58.3 Å². The van der Waals surface area contributed by atoms with Gasteiger partial charge in [0, 0.05) is 62.2 Å². The summed E-state index contributed by atoms with van der Waals surface area (Å²) in [4.78, 5) is 32.4. The largest absolute Gasteiger partial charge is 0.340 e. The highest BCUT2D eigenvalue weighted by atomic mass is 16.2. The van der Waals surface area contributed by atoms with Crippen molar-refractivity contribution < 1.29 is 4.79 Å². The van der Waals surface area contributed by atoms with E-state index in [1.807, 2.05) is 42.3 Å². The molecule has 1 N–H and O–H groups in total. The second-order valence-electron chi connectivity index (χ2n) is 8.83. The SMILES string of the molecule is CC(=O)N1C[C@H](c2nc(Nc3cccc(-c4cnnn4C)c3)cc(-c3cnccn3)n2)CC[C@@H]1C. The maximum Gasteiger partial charge on any atom is 0.219 e. The molecule has 5 rings (SSSR count). The summed E-state index contributed by atoms with van der Waals surface area (Å²) >= 11 is 0. The first-order valence-electron chi connectivity index (χ1n) is 11.6. The van der Waals surface area contributed by atoms with E-state index in [1.165, 1.54) is 0 Å². The Morgan fingerprint density at radius 3 is 2.71 bits per heavy atom. The van der Waals surface area contributed by atoms with Crippen molar-refractivity contribution in [1.82, 2.24) is 39.8 Å². The molecule has 1 aromatic carbocycles. The fourth-order valence-electron chi connectivity index (χ4n) is 4.49. The van der Waals surface area contributed by atoms with Gasteiger partial charge in [0.05, 0.1) is 23.8 Å². The molecule has 0 unspecified atom stereocenters. The number of aromatic nitrogens is 7. The molecule has 0 saturated carbocycles. The second-order valence-corrected chi connectivity index (χ2v) is 8.83. The fraction of sp³-hybridized carbons (Fsp3) is 0.320. The highest BCUT2D eigenvalue weighted by Crippen LogP contribution is 2.31. The molecule has 0 bridgehead atoms.